The van der Waals surface area contributed by atoms with E-state index in [-0.39, 0.29) is 21.8 Å². The Morgan fingerprint density at radius 2 is 2.00 bits per heavy atom. The third-order valence-electron chi connectivity index (χ3n) is 3.74. The summed E-state index contributed by atoms with van der Waals surface area (Å²) in [5, 5.41) is 21.7. The van der Waals surface area contributed by atoms with Crippen molar-refractivity contribution in [2.24, 2.45) is 7.05 Å². The van der Waals surface area contributed by atoms with Crippen molar-refractivity contribution in [2.75, 3.05) is 5.32 Å². The maximum absolute atomic E-state index is 12.8. The van der Waals surface area contributed by atoms with Gasteiger partial charge in [0.15, 0.2) is 5.16 Å². The summed E-state index contributed by atoms with van der Waals surface area (Å²) in [5.41, 5.74) is -1.41. The Morgan fingerprint density at radius 3 is 2.62 bits per heavy atom. The number of nitro groups is 1. The van der Waals surface area contributed by atoms with Crippen LogP contribution in [0.15, 0.2) is 58.8 Å². The zero-order valence-electron chi connectivity index (χ0n) is 14.7. The maximum atomic E-state index is 12.8. The summed E-state index contributed by atoms with van der Waals surface area (Å²) in [6.45, 7) is 0. The number of benzene rings is 2. The lowest BCUT2D eigenvalue weighted by molar-refractivity contribution is -0.387. The molecule has 0 spiro atoms. The van der Waals surface area contributed by atoms with Crippen molar-refractivity contribution in [3.8, 4) is 0 Å². The van der Waals surface area contributed by atoms with E-state index in [2.05, 4.69) is 15.5 Å². The number of halogens is 3. The van der Waals surface area contributed by atoms with E-state index in [4.69, 9.17) is 0 Å². The zero-order chi connectivity index (χ0) is 21.2. The van der Waals surface area contributed by atoms with Crippen LogP contribution in [-0.2, 0) is 13.2 Å². The first-order valence-electron chi connectivity index (χ1n) is 7.94. The number of alkyl halides is 3. The predicted octanol–water partition coefficient (Wildman–Crippen LogP) is 4.15. The van der Waals surface area contributed by atoms with Crippen LogP contribution in [-0.4, -0.2) is 25.6 Å². The minimum absolute atomic E-state index is 0.0728. The topological polar surface area (TPSA) is 103 Å². The molecule has 0 aliphatic heterocycles. The van der Waals surface area contributed by atoms with Crippen molar-refractivity contribution in [1.29, 1.82) is 0 Å². The van der Waals surface area contributed by atoms with E-state index >= 15 is 0 Å². The van der Waals surface area contributed by atoms with Crippen molar-refractivity contribution in [2.45, 2.75) is 16.2 Å². The van der Waals surface area contributed by atoms with Crippen molar-refractivity contribution in [1.82, 2.24) is 14.8 Å². The number of nitro benzene ring substituents is 1. The summed E-state index contributed by atoms with van der Waals surface area (Å²) < 4.78 is 40.0. The van der Waals surface area contributed by atoms with Gasteiger partial charge in [-0.3, -0.25) is 14.9 Å². The lowest BCUT2D eigenvalue weighted by Gasteiger charge is -2.10. The summed E-state index contributed by atoms with van der Waals surface area (Å²) >= 11 is 0.996. The number of nitrogens with zero attached hydrogens (tertiary/aromatic N) is 4. The van der Waals surface area contributed by atoms with Crippen LogP contribution in [0.5, 0.6) is 0 Å². The number of hydrogen-bond acceptors (Lipinski definition) is 6. The third kappa shape index (κ3) is 4.71. The minimum Gasteiger partial charge on any atom is -0.322 e. The molecular weight excluding hydrogens is 411 g/mol. The lowest BCUT2D eigenvalue weighted by Crippen LogP contribution is -2.13. The van der Waals surface area contributed by atoms with E-state index in [9.17, 15) is 28.1 Å². The number of hydrogen-bond donors (Lipinski definition) is 1. The first-order valence-corrected chi connectivity index (χ1v) is 8.75. The van der Waals surface area contributed by atoms with Crippen LogP contribution < -0.4 is 5.32 Å². The molecular formula is C17H12F3N5O3S. The Bertz CT molecular complexity index is 1080. The molecule has 0 radical (unpaired) electrons. The molecule has 29 heavy (non-hydrogen) atoms. The smallest absolute Gasteiger partial charge is 0.322 e. The molecule has 8 nitrogen and oxygen atoms in total. The van der Waals surface area contributed by atoms with Crippen LogP contribution in [0.25, 0.3) is 0 Å². The van der Waals surface area contributed by atoms with Crippen LogP contribution in [0.1, 0.15) is 15.9 Å². The monoisotopic (exact) mass is 423 g/mol. The number of anilines is 1. The number of aromatic nitrogens is 3. The number of carbonyl (C=O) groups excluding carboxylic acids is 1. The van der Waals surface area contributed by atoms with Crippen LogP contribution in [0, 0.1) is 10.1 Å². The maximum Gasteiger partial charge on any atom is 0.416 e. The fraction of sp³-hybridized carbons (Fsp3) is 0.118. The van der Waals surface area contributed by atoms with E-state index < -0.39 is 22.6 Å². The number of aryl methyl sites for hydroxylation is 1. The Kier molecular flexibility index (Phi) is 5.55. The Labute approximate surface area is 165 Å². The van der Waals surface area contributed by atoms with Gasteiger partial charge in [0.1, 0.15) is 6.33 Å². The Hall–Kier alpha value is -3.41. The normalized spacial score (nSPS) is 11.3. The van der Waals surface area contributed by atoms with Gasteiger partial charge in [-0.15, -0.1) is 10.2 Å². The highest BCUT2D eigenvalue weighted by Gasteiger charge is 2.30. The number of nitrogens with one attached hydrogen (secondary N) is 1. The third-order valence-corrected chi connectivity index (χ3v) is 4.85. The van der Waals surface area contributed by atoms with Gasteiger partial charge >= 0.3 is 6.18 Å². The molecule has 12 heteroatoms. The molecule has 0 atom stereocenters. The first kappa shape index (κ1) is 20.3. The van der Waals surface area contributed by atoms with Gasteiger partial charge < -0.3 is 9.88 Å². The van der Waals surface area contributed by atoms with Crippen LogP contribution in [0.3, 0.4) is 0 Å². The highest BCUT2D eigenvalue weighted by Crippen LogP contribution is 2.34. The van der Waals surface area contributed by atoms with Crippen molar-refractivity contribution >= 4 is 29.0 Å². The second kappa shape index (κ2) is 7.91. The van der Waals surface area contributed by atoms with E-state index in [0.29, 0.717) is 5.16 Å². The highest BCUT2D eigenvalue weighted by atomic mass is 32.2. The molecule has 1 amide bonds. The fourth-order valence-electron chi connectivity index (χ4n) is 2.33. The van der Waals surface area contributed by atoms with E-state index in [1.54, 1.807) is 11.6 Å². The highest BCUT2D eigenvalue weighted by molar-refractivity contribution is 7.99. The quantitative estimate of drug-likeness (QED) is 0.489. The average Bonchev–Trinajstić information content (AvgIpc) is 3.06. The molecule has 3 aromatic rings. The Balaban J connectivity index is 1.85. The second-order valence-corrected chi connectivity index (χ2v) is 6.81. The van der Waals surface area contributed by atoms with Crippen molar-refractivity contribution in [3.05, 3.63) is 70.0 Å². The number of carbonyl (C=O) groups is 1. The fourth-order valence-corrected chi connectivity index (χ4v) is 3.18. The summed E-state index contributed by atoms with van der Waals surface area (Å²) in [6.07, 6.45) is -3.12. The SMILES string of the molecule is Cn1cnnc1Sc1ccc(C(=O)Nc2cccc(C(F)(F)F)c2)cc1[N+](=O)[O-]. The van der Waals surface area contributed by atoms with Crippen LogP contribution in [0.4, 0.5) is 24.5 Å². The van der Waals surface area contributed by atoms with Crippen molar-refractivity contribution < 1.29 is 22.9 Å². The lowest BCUT2D eigenvalue weighted by atomic mass is 10.1. The predicted molar refractivity (Wildman–Crippen MR) is 97.6 cm³/mol. The second-order valence-electron chi connectivity index (χ2n) is 5.80. The molecule has 0 fully saturated rings. The molecule has 0 saturated carbocycles. The van der Waals surface area contributed by atoms with Gasteiger partial charge in [0.05, 0.1) is 15.4 Å². The minimum atomic E-state index is -4.56. The average molecular weight is 423 g/mol. The van der Waals surface area contributed by atoms with Crippen LogP contribution >= 0.6 is 11.8 Å². The molecule has 150 valence electrons. The molecule has 2 aromatic carbocycles. The Morgan fingerprint density at radius 1 is 1.24 bits per heavy atom. The van der Waals surface area contributed by atoms with E-state index in [0.717, 1.165) is 36.0 Å². The number of amides is 1. The van der Waals surface area contributed by atoms with Gasteiger partial charge in [-0.1, -0.05) is 6.07 Å². The molecule has 0 aliphatic rings. The molecule has 3 rings (SSSR count). The zero-order valence-corrected chi connectivity index (χ0v) is 15.5. The molecule has 1 N–H and O–H groups in total. The van der Waals surface area contributed by atoms with Crippen molar-refractivity contribution in [3.63, 3.8) is 0 Å². The van der Waals surface area contributed by atoms with E-state index in [1.807, 2.05) is 0 Å². The largest absolute Gasteiger partial charge is 0.416 e. The summed E-state index contributed by atoms with van der Waals surface area (Å²) in [5.74, 6) is -0.775. The number of rotatable bonds is 5. The first-order chi connectivity index (χ1) is 13.6. The summed E-state index contributed by atoms with van der Waals surface area (Å²) in [4.78, 5) is 23.4. The standard InChI is InChI=1S/C17H12F3N5O3S/c1-24-9-21-23-16(24)29-14-6-5-10(7-13(14)25(27)28)15(26)22-12-4-2-3-11(8-12)17(18,19)20/h2-9H,1H3,(H,22,26). The van der Waals surface area contributed by atoms with E-state index in [1.165, 1.54) is 24.5 Å². The van der Waals surface area contributed by atoms with Gasteiger partial charge in [-0.25, -0.2) is 0 Å². The molecule has 0 saturated heterocycles. The van der Waals surface area contributed by atoms with Gasteiger partial charge in [-0.05, 0) is 42.1 Å². The molecule has 0 bridgehead atoms. The van der Waals surface area contributed by atoms with Crippen LogP contribution in [0.2, 0.25) is 0 Å². The summed E-state index contributed by atoms with van der Waals surface area (Å²) in [6, 6.07) is 7.87. The van der Waals surface area contributed by atoms with Gasteiger partial charge in [-0.2, -0.15) is 13.2 Å². The molecule has 0 aliphatic carbocycles. The van der Waals surface area contributed by atoms with Gasteiger partial charge in [0.2, 0.25) is 0 Å². The van der Waals surface area contributed by atoms with Gasteiger partial charge in [0.25, 0.3) is 11.6 Å². The summed E-state index contributed by atoms with van der Waals surface area (Å²) in [7, 11) is 1.67. The molecule has 1 heterocycles. The molecule has 0 unspecified atom stereocenters. The molecule has 1 aromatic heterocycles. The van der Waals surface area contributed by atoms with Gasteiger partial charge in [0, 0.05) is 24.4 Å².